The standard InChI is InChI=1S/C20H20FN3O2S2/c1-3-20(2)8-13-15(9-26-20)28-18-16(13)17(22)23-19(24-18)27-10-14(25)11-4-6-12(21)7-5-11/h4-7H,3,8-10H2,1-2H3,(H2,22,23,24)/t20-/m0/s1. The molecule has 1 aliphatic heterocycles. The van der Waals surface area contributed by atoms with Gasteiger partial charge in [0, 0.05) is 16.9 Å². The lowest BCUT2D eigenvalue weighted by Crippen LogP contribution is -2.33. The highest BCUT2D eigenvalue weighted by molar-refractivity contribution is 7.99. The number of nitrogen functional groups attached to an aromatic ring is 1. The van der Waals surface area contributed by atoms with Crippen molar-refractivity contribution in [2.24, 2.45) is 0 Å². The maximum absolute atomic E-state index is 13.0. The van der Waals surface area contributed by atoms with E-state index in [-0.39, 0.29) is 23.0 Å². The summed E-state index contributed by atoms with van der Waals surface area (Å²) in [5.41, 5.74) is 7.72. The number of carbonyl (C=O) groups is 1. The summed E-state index contributed by atoms with van der Waals surface area (Å²) in [5, 5.41) is 1.38. The number of hydrogen-bond donors (Lipinski definition) is 1. The van der Waals surface area contributed by atoms with Crippen LogP contribution in [-0.4, -0.2) is 27.1 Å². The zero-order valence-electron chi connectivity index (χ0n) is 15.6. The number of fused-ring (bicyclic) bond motifs is 3. The van der Waals surface area contributed by atoms with Gasteiger partial charge in [-0.25, -0.2) is 14.4 Å². The van der Waals surface area contributed by atoms with E-state index in [1.54, 1.807) is 11.3 Å². The SMILES string of the molecule is CC[C@@]1(C)Cc2c(sc3nc(SCC(=O)c4ccc(F)cc4)nc(N)c23)CO1. The molecule has 5 nitrogen and oxygen atoms in total. The monoisotopic (exact) mass is 417 g/mol. The van der Waals surface area contributed by atoms with Crippen LogP contribution in [0.15, 0.2) is 29.4 Å². The van der Waals surface area contributed by atoms with Gasteiger partial charge in [0.25, 0.3) is 0 Å². The summed E-state index contributed by atoms with van der Waals surface area (Å²) >= 11 is 2.81. The number of thiophene rings is 1. The first-order valence-electron chi connectivity index (χ1n) is 9.02. The first-order chi connectivity index (χ1) is 13.4. The molecule has 0 saturated heterocycles. The van der Waals surface area contributed by atoms with Crippen molar-refractivity contribution in [2.45, 2.75) is 44.1 Å². The zero-order chi connectivity index (χ0) is 19.9. The van der Waals surface area contributed by atoms with Crippen LogP contribution in [0.1, 0.15) is 41.1 Å². The van der Waals surface area contributed by atoms with Gasteiger partial charge in [-0.2, -0.15) is 0 Å². The molecular weight excluding hydrogens is 397 g/mol. The fraction of sp³-hybridized carbons (Fsp3) is 0.350. The summed E-state index contributed by atoms with van der Waals surface area (Å²) in [5.74, 6) is 0.138. The molecule has 0 radical (unpaired) electrons. The molecule has 0 amide bonds. The fourth-order valence-corrected chi connectivity index (χ4v) is 5.13. The van der Waals surface area contributed by atoms with Crippen LogP contribution >= 0.6 is 23.1 Å². The molecule has 1 atom stereocenters. The maximum Gasteiger partial charge on any atom is 0.191 e. The van der Waals surface area contributed by atoms with E-state index >= 15 is 0 Å². The van der Waals surface area contributed by atoms with Crippen LogP contribution in [0, 0.1) is 5.82 Å². The van der Waals surface area contributed by atoms with Gasteiger partial charge >= 0.3 is 0 Å². The molecule has 0 fully saturated rings. The lowest BCUT2D eigenvalue weighted by molar-refractivity contribution is -0.0542. The molecule has 0 saturated carbocycles. The van der Waals surface area contributed by atoms with Gasteiger partial charge in [-0.1, -0.05) is 18.7 Å². The van der Waals surface area contributed by atoms with Gasteiger partial charge in [0.1, 0.15) is 16.5 Å². The molecule has 1 aliphatic rings. The van der Waals surface area contributed by atoms with Crippen LogP contribution in [0.25, 0.3) is 10.2 Å². The molecule has 1 aromatic carbocycles. The highest BCUT2D eigenvalue weighted by Crippen LogP contribution is 2.41. The van der Waals surface area contributed by atoms with Crippen molar-refractivity contribution < 1.29 is 13.9 Å². The average Bonchev–Trinajstić information content (AvgIpc) is 3.04. The van der Waals surface area contributed by atoms with Crippen LogP contribution in [-0.2, 0) is 17.8 Å². The summed E-state index contributed by atoms with van der Waals surface area (Å²) in [6.45, 7) is 4.79. The second-order valence-electron chi connectivity index (χ2n) is 7.06. The third kappa shape index (κ3) is 3.64. The van der Waals surface area contributed by atoms with Crippen LogP contribution in [0.4, 0.5) is 10.2 Å². The van der Waals surface area contributed by atoms with Crippen LogP contribution in [0.2, 0.25) is 0 Å². The molecule has 0 bridgehead atoms. The number of hydrogen-bond acceptors (Lipinski definition) is 7. The molecule has 4 rings (SSSR count). The minimum atomic E-state index is -0.365. The zero-order valence-corrected chi connectivity index (χ0v) is 17.3. The molecule has 0 spiro atoms. The smallest absolute Gasteiger partial charge is 0.191 e. The fourth-order valence-electron chi connectivity index (χ4n) is 3.22. The molecule has 146 valence electrons. The van der Waals surface area contributed by atoms with Gasteiger partial charge in [-0.3, -0.25) is 4.79 Å². The van der Waals surface area contributed by atoms with Crippen molar-refractivity contribution in [3.8, 4) is 0 Å². The Kier molecular flexibility index (Phi) is 5.11. The van der Waals surface area contributed by atoms with Gasteiger partial charge in [0.15, 0.2) is 10.9 Å². The predicted molar refractivity (Wildman–Crippen MR) is 110 cm³/mol. The molecule has 28 heavy (non-hydrogen) atoms. The highest BCUT2D eigenvalue weighted by atomic mass is 32.2. The van der Waals surface area contributed by atoms with Crippen molar-refractivity contribution in [2.75, 3.05) is 11.5 Å². The number of Topliss-reactive ketones (excluding diaryl/α,β-unsaturated/α-hetero) is 1. The summed E-state index contributed by atoms with van der Waals surface area (Å²) in [7, 11) is 0. The second-order valence-corrected chi connectivity index (χ2v) is 9.09. The molecule has 2 aromatic heterocycles. The van der Waals surface area contributed by atoms with Crippen molar-refractivity contribution >= 4 is 44.9 Å². The van der Waals surface area contributed by atoms with E-state index in [2.05, 4.69) is 23.8 Å². The van der Waals surface area contributed by atoms with Crippen LogP contribution in [0.5, 0.6) is 0 Å². The first kappa shape index (κ1) is 19.3. The van der Waals surface area contributed by atoms with E-state index < -0.39 is 0 Å². The number of aromatic nitrogens is 2. The Bertz CT molecular complexity index is 1050. The van der Waals surface area contributed by atoms with Gasteiger partial charge in [-0.05, 0) is 43.2 Å². The Morgan fingerprint density at radius 1 is 1.36 bits per heavy atom. The summed E-state index contributed by atoms with van der Waals surface area (Å²) < 4.78 is 19.0. The number of nitrogens with zero attached hydrogens (tertiary/aromatic N) is 2. The Balaban J connectivity index is 1.57. The molecule has 2 N–H and O–H groups in total. The second kappa shape index (κ2) is 7.42. The molecule has 3 heterocycles. The molecule has 3 aromatic rings. The van der Waals surface area contributed by atoms with E-state index in [1.165, 1.54) is 41.6 Å². The lowest BCUT2D eigenvalue weighted by Gasteiger charge is -2.33. The van der Waals surface area contributed by atoms with Crippen LogP contribution in [0.3, 0.4) is 0 Å². The van der Waals surface area contributed by atoms with Crippen molar-refractivity contribution in [1.29, 1.82) is 0 Å². The number of halogens is 1. The number of carbonyl (C=O) groups excluding carboxylic acids is 1. The lowest BCUT2D eigenvalue weighted by atomic mass is 9.90. The number of rotatable bonds is 5. The number of benzene rings is 1. The summed E-state index contributed by atoms with van der Waals surface area (Å²) in [6, 6.07) is 5.52. The minimum Gasteiger partial charge on any atom is -0.383 e. The number of anilines is 1. The quantitative estimate of drug-likeness (QED) is 0.370. The number of ether oxygens (including phenoxy) is 1. The minimum absolute atomic E-state index is 0.107. The Hall–Kier alpha value is -2.03. The third-order valence-electron chi connectivity index (χ3n) is 5.09. The molecular formula is C20H20FN3O2S2. The summed E-state index contributed by atoms with van der Waals surface area (Å²) in [6.07, 6.45) is 1.71. The van der Waals surface area contributed by atoms with Gasteiger partial charge in [0.05, 0.1) is 23.3 Å². The highest BCUT2D eigenvalue weighted by Gasteiger charge is 2.33. The van der Waals surface area contributed by atoms with E-state index in [9.17, 15) is 9.18 Å². The topological polar surface area (TPSA) is 78.1 Å². The predicted octanol–water partition coefficient (Wildman–Crippen LogP) is 4.63. The molecule has 0 unspecified atom stereocenters. The van der Waals surface area contributed by atoms with Gasteiger partial charge in [0.2, 0.25) is 0 Å². The Labute approximate surface area is 170 Å². The van der Waals surface area contributed by atoms with E-state index in [0.29, 0.717) is 23.1 Å². The first-order valence-corrected chi connectivity index (χ1v) is 10.8. The summed E-state index contributed by atoms with van der Waals surface area (Å²) in [4.78, 5) is 23.3. The average molecular weight is 418 g/mol. The number of nitrogens with two attached hydrogens (primary N) is 1. The third-order valence-corrected chi connectivity index (χ3v) is 7.04. The van der Waals surface area contributed by atoms with Crippen molar-refractivity contribution in [3.05, 3.63) is 46.1 Å². The van der Waals surface area contributed by atoms with Crippen molar-refractivity contribution in [3.63, 3.8) is 0 Å². The Morgan fingerprint density at radius 2 is 2.11 bits per heavy atom. The van der Waals surface area contributed by atoms with Gasteiger partial charge < -0.3 is 10.5 Å². The molecule has 0 aliphatic carbocycles. The maximum atomic E-state index is 13.0. The van der Waals surface area contributed by atoms with E-state index in [4.69, 9.17) is 10.5 Å². The largest absolute Gasteiger partial charge is 0.383 e. The number of ketones is 1. The van der Waals surface area contributed by atoms with Crippen LogP contribution < -0.4 is 5.73 Å². The molecule has 8 heteroatoms. The Morgan fingerprint density at radius 3 is 2.82 bits per heavy atom. The van der Waals surface area contributed by atoms with Gasteiger partial charge in [-0.15, -0.1) is 11.3 Å². The van der Waals surface area contributed by atoms with E-state index in [1.807, 2.05) is 0 Å². The van der Waals surface area contributed by atoms with E-state index in [0.717, 1.165) is 27.9 Å². The van der Waals surface area contributed by atoms with Crippen molar-refractivity contribution in [1.82, 2.24) is 9.97 Å². The normalized spacial score (nSPS) is 19.0. The number of thioether (sulfide) groups is 1.